The monoisotopic (exact) mass is 268 g/mol. The van der Waals surface area contributed by atoms with Crippen LogP contribution in [-0.2, 0) is 9.53 Å². The van der Waals surface area contributed by atoms with Crippen LogP contribution >= 0.6 is 0 Å². The van der Waals surface area contributed by atoms with Crippen molar-refractivity contribution in [1.82, 2.24) is 10.2 Å². The summed E-state index contributed by atoms with van der Waals surface area (Å²) in [5.41, 5.74) is 0. The topological polar surface area (TPSA) is 41.6 Å². The number of methoxy groups -OCH3 is 1. The number of piperidine rings is 1. The number of likely N-dealkylation sites (tertiary alicyclic amines) is 1. The van der Waals surface area contributed by atoms with Gasteiger partial charge in [0.15, 0.2) is 0 Å². The Bertz CT molecular complexity index is 269. The Hall–Kier alpha value is -0.610. The van der Waals surface area contributed by atoms with Gasteiger partial charge in [-0.15, -0.1) is 0 Å². The number of nitrogens with one attached hydrogen (secondary N) is 1. The van der Waals surface area contributed by atoms with E-state index in [4.69, 9.17) is 4.74 Å². The van der Waals surface area contributed by atoms with Crippen molar-refractivity contribution in [3.63, 3.8) is 0 Å². The molecule has 0 aromatic heterocycles. The molecule has 1 saturated heterocycles. The van der Waals surface area contributed by atoms with Crippen molar-refractivity contribution in [2.45, 2.75) is 51.0 Å². The molecule has 2 rings (SSSR count). The molecule has 2 fully saturated rings. The minimum atomic E-state index is 0.284. The fourth-order valence-corrected chi connectivity index (χ4v) is 3.21. The van der Waals surface area contributed by atoms with E-state index >= 15 is 0 Å². The molecule has 110 valence electrons. The van der Waals surface area contributed by atoms with Crippen LogP contribution in [0.5, 0.6) is 0 Å². The van der Waals surface area contributed by atoms with Crippen LogP contribution in [-0.4, -0.2) is 50.2 Å². The third-order valence-electron chi connectivity index (χ3n) is 4.57. The Morgan fingerprint density at radius 1 is 1.16 bits per heavy atom. The maximum atomic E-state index is 12.0. The first-order valence-electron chi connectivity index (χ1n) is 7.82. The summed E-state index contributed by atoms with van der Waals surface area (Å²) in [6.07, 6.45) is 8.60. The first kappa shape index (κ1) is 14.8. The zero-order valence-corrected chi connectivity index (χ0v) is 12.2. The fourth-order valence-electron chi connectivity index (χ4n) is 3.21. The van der Waals surface area contributed by atoms with Crippen molar-refractivity contribution in [1.29, 1.82) is 0 Å². The SMILES string of the molecule is COC1CCN(CCNC(=O)C2CCCCC2)CC1. The zero-order chi connectivity index (χ0) is 13.5. The molecule has 0 aromatic carbocycles. The molecule has 19 heavy (non-hydrogen) atoms. The van der Waals surface area contributed by atoms with Crippen LogP contribution < -0.4 is 5.32 Å². The van der Waals surface area contributed by atoms with Crippen LogP contribution in [0.4, 0.5) is 0 Å². The Morgan fingerprint density at radius 2 is 1.84 bits per heavy atom. The Labute approximate surface area is 116 Å². The molecule has 1 aliphatic heterocycles. The van der Waals surface area contributed by atoms with E-state index in [0.717, 1.165) is 51.9 Å². The van der Waals surface area contributed by atoms with E-state index < -0.39 is 0 Å². The second-order valence-electron chi connectivity index (χ2n) is 5.90. The van der Waals surface area contributed by atoms with Gasteiger partial charge in [-0.3, -0.25) is 4.79 Å². The van der Waals surface area contributed by atoms with E-state index in [2.05, 4.69) is 10.2 Å². The molecule has 0 bridgehead atoms. The van der Waals surface area contributed by atoms with Gasteiger partial charge < -0.3 is 15.0 Å². The molecular weight excluding hydrogens is 240 g/mol. The molecule has 1 N–H and O–H groups in total. The van der Waals surface area contributed by atoms with Gasteiger partial charge in [0.05, 0.1) is 6.10 Å². The van der Waals surface area contributed by atoms with Crippen molar-refractivity contribution >= 4 is 5.91 Å². The highest BCUT2D eigenvalue weighted by atomic mass is 16.5. The molecule has 1 heterocycles. The highest BCUT2D eigenvalue weighted by Crippen LogP contribution is 2.23. The minimum absolute atomic E-state index is 0.284. The molecule has 1 aliphatic carbocycles. The normalized spacial score (nSPS) is 23.4. The van der Waals surface area contributed by atoms with E-state index in [9.17, 15) is 4.79 Å². The van der Waals surface area contributed by atoms with Crippen LogP contribution in [0.1, 0.15) is 44.9 Å². The predicted octanol–water partition coefficient (Wildman–Crippen LogP) is 1.79. The number of hydrogen-bond donors (Lipinski definition) is 1. The number of carbonyl (C=O) groups is 1. The summed E-state index contributed by atoms with van der Waals surface area (Å²) in [4.78, 5) is 14.4. The lowest BCUT2D eigenvalue weighted by Gasteiger charge is -2.31. The molecule has 4 nitrogen and oxygen atoms in total. The molecule has 2 aliphatic rings. The van der Waals surface area contributed by atoms with E-state index in [1.165, 1.54) is 19.3 Å². The standard InChI is InChI=1S/C15H28N2O2/c1-19-14-7-10-17(11-8-14)12-9-16-15(18)13-5-3-2-4-6-13/h13-14H,2-12H2,1H3,(H,16,18). The lowest BCUT2D eigenvalue weighted by Crippen LogP contribution is -2.42. The van der Waals surface area contributed by atoms with Crippen molar-refractivity contribution in [3.8, 4) is 0 Å². The van der Waals surface area contributed by atoms with E-state index in [1.54, 1.807) is 7.11 Å². The third-order valence-corrected chi connectivity index (χ3v) is 4.57. The lowest BCUT2D eigenvalue weighted by atomic mass is 9.89. The second-order valence-corrected chi connectivity index (χ2v) is 5.90. The van der Waals surface area contributed by atoms with Crippen molar-refractivity contribution in [3.05, 3.63) is 0 Å². The number of nitrogens with zero attached hydrogens (tertiary/aromatic N) is 1. The molecule has 0 spiro atoms. The predicted molar refractivity (Wildman–Crippen MR) is 76.1 cm³/mol. The Balaban J connectivity index is 1.57. The highest BCUT2D eigenvalue weighted by Gasteiger charge is 2.21. The van der Waals surface area contributed by atoms with Crippen molar-refractivity contribution in [2.75, 3.05) is 33.3 Å². The molecule has 0 atom stereocenters. The van der Waals surface area contributed by atoms with Gasteiger partial charge in [-0.25, -0.2) is 0 Å². The number of hydrogen-bond acceptors (Lipinski definition) is 3. The molecule has 1 amide bonds. The summed E-state index contributed by atoms with van der Waals surface area (Å²) in [5.74, 6) is 0.569. The summed E-state index contributed by atoms with van der Waals surface area (Å²) >= 11 is 0. The zero-order valence-electron chi connectivity index (χ0n) is 12.2. The van der Waals surface area contributed by atoms with Gasteiger partial charge >= 0.3 is 0 Å². The number of carbonyl (C=O) groups excluding carboxylic acids is 1. The van der Waals surface area contributed by atoms with Gasteiger partial charge in [0, 0.05) is 39.2 Å². The van der Waals surface area contributed by atoms with Crippen LogP contribution in [0.15, 0.2) is 0 Å². The average Bonchev–Trinajstić information content (AvgIpc) is 2.49. The quantitative estimate of drug-likeness (QED) is 0.826. The Kier molecular flexibility index (Phi) is 6.11. The van der Waals surface area contributed by atoms with Gasteiger partial charge in [-0.05, 0) is 25.7 Å². The summed E-state index contributed by atoms with van der Waals surface area (Å²) in [7, 11) is 1.80. The van der Waals surface area contributed by atoms with Gasteiger partial charge in [0.2, 0.25) is 5.91 Å². The minimum Gasteiger partial charge on any atom is -0.381 e. The van der Waals surface area contributed by atoms with Crippen molar-refractivity contribution in [2.24, 2.45) is 5.92 Å². The van der Waals surface area contributed by atoms with Gasteiger partial charge in [-0.2, -0.15) is 0 Å². The van der Waals surface area contributed by atoms with E-state index in [0.29, 0.717) is 6.10 Å². The van der Waals surface area contributed by atoms with Crippen LogP contribution in [0.25, 0.3) is 0 Å². The lowest BCUT2D eigenvalue weighted by molar-refractivity contribution is -0.126. The highest BCUT2D eigenvalue weighted by molar-refractivity contribution is 5.78. The van der Waals surface area contributed by atoms with E-state index in [-0.39, 0.29) is 11.8 Å². The largest absolute Gasteiger partial charge is 0.381 e. The van der Waals surface area contributed by atoms with Gasteiger partial charge in [-0.1, -0.05) is 19.3 Å². The smallest absolute Gasteiger partial charge is 0.223 e. The number of ether oxygens (including phenoxy) is 1. The van der Waals surface area contributed by atoms with Crippen LogP contribution in [0.3, 0.4) is 0 Å². The van der Waals surface area contributed by atoms with Gasteiger partial charge in [0.1, 0.15) is 0 Å². The first-order valence-corrected chi connectivity index (χ1v) is 7.82. The summed E-state index contributed by atoms with van der Waals surface area (Å²) in [6, 6.07) is 0. The summed E-state index contributed by atoms with van der Waals surface area (Å²) in [5, 5.41) is 3.11. The third kappa shape index (κ3) is 4.77. The van der Waals surface area contributed by atoms with Crippen LogP contribution in [0, 0.1) is 5.92 Å². The van der Waals surface area contributed by atoms with Crippen LogP contribution in [0.2, 0.25) is 0 Å². The number of amides is 1. The molecule has 0 radical (unpaired) electrons. The summed E-state index contributed by atoms with van der Waals surface area (Å²) in [6.45, 7) is 3.97. The van der Waals surface area contributed by atoms with E-state index in [1.807, 2.05) is 0 Å². The van der Waals surface area contributed by atoms with Gasteiger partial charge in [0.25, 0.3) is 0 Å². The first-order chi connectivity index (χ1) is 9.29. The molecule has 0 aromatic rings. The number of rotatable bonds is 5. The molecule has 4 heteroatoms. The maximum absolute atomic E-state index is 12.0. The maximum Gasteiger partial charge on any atom is 0.223 e. The second kappa shape index (κ2) is 7.85. The van der Waals surface area contributed by atoms with Crippen molar-refractivity contribution < 1.29 is 9.53 Å². The average molecular weight is 268 g/mol. The molecule has 1 saturated carbocycles. The summed E-state index contributed by atoms with van der Waals surface area (Å²) < 4.78 is 5.37. The molecular formula is C15H28N2O2. The molecule has 0 unspecified atom stereocenters. The fraction of sp³-hybridized carbons (Fsp3) is 0.933. The Morgan fingerprint density at radius 3 is 2.47 bits per heavy atom.